The summed E-state index contributed by atoms with van der Waals surface area (Å²) in [6.45, 7) is 5.60. The van der Waals surface area contributed by atoms with Crippen molar-refractivity contribution in [2.75, 3.05) is 13.1 Å². The van der Waals surface area contributed by atoms with Crippen LogP contribution in [0.1, 0.15) is 39.5 Å². The van der Waals surface area contributed by atoms with Crippen LogP contribution in [0.15, 0.2) is 0 Å². The Balaban J connectivity index is 2.40. The molecule has 0 bridgehead atoms. The van der Waals surface area contributed by atoms with Crippen LogP contribution >= 0.6 is 0 Å². The molecule has 1 aliphatic rings. The normalized spacial score (nSPS) is 20.8. The van der Waals surface area contributed by atoms with Gasteiger partial charge in [0.05, 0.1) is 0 Å². The fraction of sp³-hybridized carbons (Fsp3) is 0.833. The largest absolute Gasteiger partial charge is 0.342 e. The lowest BCUT2D eigenvalue weighted by atomic mass is 9.96. The molecule has 1 amide bonds. The molecule has 1 saturated heterocycles. The molecular weight excluding hydrogens is 190 g/mol. The number of carbonyl (C=O) groups excluding carboxylic acids is 2. The monoisotopic (exact) mass is 211 g/mol. The van der Waals surface area contributed by atoms with E-state index < -0.39 is 0 Å². The van der Waals surface area contributed by atoms with Gasteiger partial charge in [0, 0.05) is 24.9 Å². The Kier molecular flexibility index (Phi) is 4.79. The highest BCUT2D eigenvalue weighted by Crippen LogP contribution is 2.16. The van der Waals surface area contributed by atoms with Crippen LogP contribution in [0.2, 0.25) is 0 Å². The molecule has 0 spiro atoms. The second-order valence-electron chi connectivity index (χ2n) is 4.64. The third-order valence-electron chi connectivity index (χ3n) is 3.05. The number of rotatable bonds is 4. The molecule has 3 nitrogen and oxygen atoms in total. The predicted molar refractivity (Wildman–Crippen MR) is 59.4 cm³/mol. The Hall–Kier alpha value is -0.860. The summed E-state index contributed by atoms with van der Waals surface area (Å²) in [4.78, 5) is 24.4. The van der Waals surface area contributed by atoms with Crippen molar-refractivity contribution in [2.45, 2.75) is 39.5 Å². The van der Waals surface area contributed by atoms with Crippen LogP contribution in [-0.2, 0) is 9.59 Å². The van der Waals surface area contributed by atoms with Crippen LogP contribution in [0.4, 0.5) is 0 Å². The third kappa shape index (κ3) is 3.65. The minimum Gasteiger partial charge on any atom is -0.342 e. The van der Waals surface area contributed by atoms with Crippen molar-refractivity contribution in [1.82, 2.24) is 4.90 Å². The fourth-order valence-corrected chi connectivity index (χ4v) is 2.14. The molecule has 2 atom stereocenters. The first-order chi connectivity index (χ1) is 7.15. The molecule has 0 aliphatic carbocycles. The molecule has 2 unspecified atom stereocenters. The van der Waals surface area contributed by atoms with Gasteiger partial charge in [0.2, 0.25) is 5.91 Å². The summed E-state index contributed by atoms with van der Waals surface area (Å²) in [5.74, 6) is 0.209. The van der Waals surface area contributed by atoms with Gasteiger partial charge < -0.3 is 9.69 Å². The molecule has 0 aromatic rings. The van der Waals surface area contributed by atoms with Crippen LogP contribution in [0.3, 0.4) is 0 Å². The van der Waals surface area contributed by atoms with Crippen LogP contribution < -0.4 is 0 Å². The number of likely N-dealkylation sites (tertiary alicyclic amines) is 1. The maximum absolute atomic E-state index is 12.0. The summed E-state index contributed by atoms with van der Waals surface area (Å²) in [6.07, 6.45) is 5.10. The molecule has 0 aromatic heterocycles. The van der Waals surface area contributed by atoms with Gasteiger partial charge in [-0.1, -0.05) is 13.8 Å². The lowest BCUT2D eigenvalue weighted by molar-refractivity contribution is -0.136. The molecule has 15 heavy (non-hydrogen) atoms. The van der Waals surface area contributed by atoms with Gasteiger partial charge in [-0.15, -0.1) is 0 Å². The van der Waals surface area contributed by atoms with Gasteiger partial charge in [-0.3, -0.25) is 4.79 Å². The molecule has 86 valence electrons. The molecule has 1 fully saturated rings. The highest BCUT2D eigenvalue weighted by Gasteiger charge is 2.23. The molecule has 0 saturated carbocycles. The zero-order chi connectivity index (χ0) is 11.3. The van der Waals surface area contributed by atoms with Gasteiger partial charge >= 0.3 is 0 Å². The van der Waals surface area contributed by atoms with Gasteiger partial charge in [-0.25, -0.2) is 0 Å². The van der Waals surface area contributed by atoms with E-state index >= 15 is 0 Å². The average Bonchev–Trinajstić information content (AvgIpc) is 2.29. The Labute approximate surface area is 91.8 Å². The van der Waals surface area contributed by atoms with Gasteiger partial charge in [0.15, 0.2) is 0 Å². The van der Waals surface area contributed by atoms with Crippen LogP contribution in [-0.4, -0.2) is 30.2 Å². The first-order valence-electron chi connectivity index (χ1n) is 5.89. The van der Waals surface area contributed by atoms with E-state index in [1.807, 2.05) is 18.7 Å². The number of hydrogen-bond donors (Lipinski definition) is 0. The number of hydrogen-bond acceptors (Lipinski definition) is 2. The van der Waals surface area contributed by atoms with Gasteiger partial charge in [-0.05, 0) is 25.7 Å². The second-order valence-corrected chi connectivity index (χ2v) is 4.64. The van der Waals surface area contributed by atoms with E-state index in [1.165, 1.54) is 6.42 Å². The van der Waals surface area contributed by atoms with Gasteiger partial charge in [0.25, 0.3) is 0 Å². The van der Waals surface area contributed by atoms with Crippen molar-refractivity contribution in [3.63, 3.8) is 0 Å². The summed E-state index contributed by atoms with van der Waals surface area (Å²) in [5, 5.41) is 0. The molecular formula is C12H21NO2. The molecule has 0 radical (unpaired) electrons. The Bertz CT molecular complexity index is 222. The zero-order valence-corrected chi connectivity index (χ0v) is 9.74. The van der Waals surface area contributed by atoms with E-state index in [1.54, 1.807) is 0 Å². The third-order valence-corrected chi connectivity index (χ3v) is 3.05. The molecule has 1 heterocycles. The summed E-state index contributed by atoms with van der Waals surface area (Å²) in [6, 6.07) is 0. The number of nitrogens with zero attached hydrogens (tertiary/aromatic N) is 1. The topological polar surface area (TPSA) is 37.4 Å². The molecule has 0 N–H and O–H groups in total. The van der Waals surface area contributed by atoms with Crippen molar-refractivity contribution in [3.05, 3.63) is 0 Å². The Morgan fingerprint density at radius 2 is 1.87 bits per heavy atom. The predicted octanol–water partition coefficient (Wildman–Crippen LogP) is 1.86. The maximum Gasteiger partial charge on any atom is 0.225 e. The number of aldehydes is 1. The summed E-state index contributed by atoms with van der Waals surface area (Å²) >= 11 is 0. The van der Waals surface area contributed by atoms with E-state index in [9.17, 15) is 9.59 Å². The minimum absolute atomic E-state index is 0.00580. The standard InChI is InChI=1S/C12H21NO2/c1-10(9-14)8-11(2)12(15)13-6-4-3-5-7-13/h9-11H,3-8H2,1-2H3. The molecule has 1 aliphatic heterocycles. The van der Waals surface area contributed by atoms with Crippen molar-refractivity contribution in [1.29, 1.82) is 0 Å². The number of piperidine rings is 1. The quantitative estimate of drug-likeness (QED) is 0.666. The molecule has 3 heteroatoms. The SMILES string of the molecule is CC(C=O)CC(C)C(=O)N1CCCCC1. The second kappa shape index (κ2) is 5.89. The van der Waals surface area contributed by atoms with Gasteiger partial charge in [-0.2, -0.15) is 0 Å². The highest BCUT2D eigenvalue weighted by molar-refractivity contribution is 5.78. The van der Waals surface area contributed by atoms with Crippen molar-refractivity contribution in [3.8, 4) is 0 Å². The van der Waals surface area contributed by atoms with Crippen molar-refractivity contribution in [2.24, 2.45) is 11.8 Å². The van der Waals surface area contributed by atoms with Crippen molar-refractivity contribution < 1.29 is 9.59 Å². The summed E-state index contributed by atoms with van der Waals surface area (Å²) < 4.78 is 0. The van der Waals surface area contributed by atoms with Crippen LogP contribution in [0.25, 0.3) is 0 Å². The Morgan fingerprint density at radius 3 is 2.40 bits per heavy atom. The first-order valence-corrected chi connectivity index (χ1v) is 5.89. The zero-order valence-electron chi connectivity index (χ0n) is 9.74. The minimum atomic E-state index is -0.0108. The smallest absolute Gasteiger partial charge is 0.225 e. The average molecular weight is 211 g/mol. The van der Waals surface area contributed by atoms with E-state index in [4.69, 9.17) is 0 Å². The molecule has 0 aromatic carbocycles. The molecule has 1 rings (SSSR count). The fourth-order valence-electron chi connectivity index (χ4n) is 2.14. The summed E-state index contributed by atoms with van der Waals surface area (Å²) in [7, 11) is 0. The van der Waals surface area contributed by atoms with Crippen LogP contribution in [0.5, 0.6) is 0 Å². The van der Waals surface area contributed by atoms with E-state index in [0.717, 1.165) is 32.2 Å². The lowest BCUT2D eigenvalue weighted by Crippen LogP contribution is -2.39. The lowest BCUT2D eigenvalue weighted by Gasteiger charge is -2.29. The van der Waals surface area contributed by atoms with E-state index in [-0.39, 0.29) is 17.7 Å². The van der Waals surface area contributed by atoms with E-state index in [2.05, 4.69) is 0 Å². The van der Waals surface area contributed by atoms with Crippen molar-refractivity contribution >= 4 is 12.2 Å². The number of amides is 1. The maximum atomic E-state index is 12.0. The number of carbonyl (C=O) groups is 2. The van der Waals surface area contributed by atoms with Gasteiger partial charge in [0.1, 0.15) is 6.29 Å². The Morgan fingerprint density at radius 1 is 1.27 bits per heavy atom. The first kappa shape index (κ1) is 12.2. The highest BCUT2D eigenvalue weighted by atomic mass is 16.2. The summed E-state index contributed by atoms with van der Waals surface area (Å²) in [5.41, 5.74) is 0. The van der Waals surface area contributed by atoms with Crippen LogP contribution in [0, 0.1) is 11.8 Å². The van der Waals surface area contributed by atoms with E-state index in [0.29, 0.717) is 6.42 Å².